The van der Waals surface area contributed by atoms with Gasteiger partial charge in [-0.1, -0.05) is 13.3 Å². The molecular formula is C16H23N3O3. The minimum atomic E-state index is -0.0829. The van der Waals surface area contributed by atoms with Crippen molar-refractivity contribution in [2.24, 2.45) is 11.8 Å². The first-order valence-corrected chi connectivity index (χ1v) is 7.96. The maximum absolute atomic E-state index is 12.6. The van der Waals surface area contributed by atoms with Gasteiger partial charge in [0.2, 0.25) is 0 Å². The Bertz CT molecular complexity index is 537. The van der Waals surface area contributed by atoms with Crippen LogP contribution in [0.5, 0.6) is 0 Å². The van der Waals surface area contributed by atoms with Crippen molar-refractivity contribution in [2.75, 3.05) is 20.3 Å². The number of nitrogens with one attached hydrogen (secondary N) is 1. The first-order chi connectivity index (χ1) is 10.8. The van der Waals surface area contributed by atoms with Gasteiger partial charge in [-0.05, 0) is 12.8 Å². The minimum Gasteiger partial charge on any atom is -0.384 e. The van der Waals surface area contributed by atoms with Gasteiger partial charge in [-0.3, -0.25) is 4.79 Å². The van der Waals surface area contributed by atoms with Gasteiger partial charge in [-0.25, -0.2) is 9.97 Å². The van der Waals surface area contributed by atoms with E-state index in [4.69, 9.17) is 9.47 Å². The van der Waals surface area contributed by atoms with E-state index < -0.39 is 0 Å². The Labute approximate surface area is 130 Å². The van der Waals surface area contributed by atoms with Crippen LogP contribution < -0.4 is 5.32 Å². The Hall–Kier alpha value is -1.53. The Morgan fingerprint density at radius 1 is 1.55 bits per heavy atom. The van der Waals surface area contributed by atoms with Crippen molar-refractivity contribution in [3.8, 4) is 0 Å². The van der Waals surface area contributed by atoms with Crippen LogP contribution >= 0.6 is 0 Å². The Kier molecular flexibility index (Phi) is 4.69. The van der Waals surface area contributed by atoms with Crippen molar-refractivity contribution in [1.29, 1.82) is 0 Å². The molecule has 3 rings (SSSR count). The van der Waals surface area contributed by atoms with Crippen LogP contribution in [0, 0.1) is 11.8 Å². The van der Waals surface area contributed by atoms with Crippen LogP contribution in [-0.2, 0) is 15.9 Å². The highest BCUT2D eigenvalue weighted by Gasteiger charge is 2.54. The van der Waals surface area contributed by atoms with E-state index in [-0.39, 0.29) is 24.0 Å². The molecule has 6 nitrogen and oxygen atoms in total. The largest absolute Gasteiger partial charge is 0.384 e. The van der Waals surface area contributed by atoms with Crippen LogP contribution in [0.3, 0.4) is 0 Å². The van der Waals surface area contributed by atoms with Crippen LogP contribution in [-0.4, -0.2) is 48.3 Å². The Morgan fingerprint density at radius 3 is 3.18 bits per heavy atom. The molecule has 2 fully saturated rings. The number of aromatic nitrogens is 2. The molecule has 22 heavy (non-hydrogen) atoms. The second kappa shape index (κ2) is 6.71. The summed E-state index contributed by atoms with van der Waals surface area (Å²) in [6.45, 7) is 3.46. The van der Waals surface area contributed by atoms with Crippen LogP contribution in [0.25, 0.3) is 0 Å². The lowest BCUT2D eigenvalue weighted by Crippen LogP contribution is -2.62. The number of ether oxygens (including phenoxy) is 2. The van der Waals surface area contributed by atoms with Gasteiger partial charge >= 0.3 is 0 Å². The number of amides is 1. The molecule has 1 aromatic rings. The molecular weight excluding hydrogens is 282 g/mol. The highest BCUT2D eigenvalue weighted by molar-refractivity contribution is 5.95. The van der Waals surface area contributed by atoms with Gasteiger partial charge in [-0.15, -0.1) is 0 Å². The third-order valence-corrected chi connectivity index (χ3v) is 4.71. The molecule has 0 unspecified atom stereocenters. The fourth-order valence-corrected chi connectivity index (χ4v) is 3.64. The molecule has 2 heterocycles. The van der Waals surface area contributed by atoms with Crippen LogP contribution in [0.2, 0.25) is 0 Å². The molecule has 120 valence electrons. The second-order valence-corrected chi connectivity index (χ2v) is 6.04. The van der Waals surface area contributed by atoms with Crippen molar-refractivity contribution in [3.63, 3.8) is 0 Å². The zero-order valence-corrected chi connectivity index (χ0v) is 13.1. The molecule has 1 aromatic heterocycles. The maximum Gasteiger partial charge on any atom is 0.254 e. The number of fused-ring (bicyclic) bond motifs is 1. The average Bonchev–Trinajstić information content (AvgIpc) is 2.95. The molecule has 0 aromatic carbocycles. The molecule has 1 saturated carbocycles. The van der Waals surface area contributed by atoms with E-state index in [0.717, 1.165) is 31.6 Å². The summed E-state index contributed by atoms with van der Waals surface area (Å²) in [4.78, 5) is 20.9. The summed E-state index contributed by atoms with van der Waals surface area (Å²) >= 11 is 0. The van der Waals surface area contributed by atoms with Crippen LogP contribution in [0.1, 0.15) is 35.8 Å². The highest BCUT2D eigenvalue weighted by atomic mass is 16.5. The van der Waals surface area contributed by atoms with E-state index in [2.05, 4.69) is 22.2 Å². The standard InChI is InChI=1S/C16H23N3O3/c1-3-4-13-11(7-17-9-18-13)16(20)19-14-10-5-6-22-15(10)12(14)8-21-2/h7,9-10,12,14-15H,3-6,8H2,1-2H3,(H,19,20)/t10-,12+,14-,15-/m1/s1. The zero-order valence-electron chi connectivity index (χ0n) is 13.1. The number of carbonyl (C=O) groups is 1. The zero-order chi connectivity index (χ0) is 15.5. The van der Waals surface area contributed by atoms with Crippen molar-refractivity contribution in [1.82, 2.24) is 15.3 Å². The van der Waals surface area contributed by atoms with Crippen molar-refractivity contribution >= 4 is 5.91 Å². The summed E-state index contributed by atoms with van der Waals surface area (Å²) in [5, 5.41) is 3.16. The summed E-state index contributed by atoms with van der Waals surface area (Å²) in [7, 11) is 1.69. The first kappa shape index (κ1) is 15.4. The lowest BCUT2D eigenvalue weighted by atomic mass is 9.67. The van der Waals surface area contributed by atoms with Gasteiger partial charge in [0.1, 0.15) is 6.33 Å². The molecule has 2 aliphatic rings. The van der Waals surface area contributed by atoms with Gasteiger partial charge in [0.15, 0.2) is 0 Å². The van der Waals surface area contributed by atoms with E-state index in [1.807, 2.05) is 0 Å². The number of hydrogen-bond donors (Lipinski definition) is 1. The molecule has 1 saturated heterocycles. The number of hydrogen-bond acceptors (Lipinski definition) is 5. The van der Waals surface area contributed by atoms with Crippen molar-refractivity contribution < 1.29 is 14.3 Å². The number of nitrogens with zero attached hydrogens (tertiary/aromatic N) is 2. The third-order valence-electron chi connectivity index (χ3n) is 4.71. The summed E-state index contributed by atoms with van der Waals surface area (Å²) in [5.74, 6) is 0.560. The number of carbonyl (C=O) groups excluding carboxylic acids is 1. The topological polar surface area (TPSA) is 73.3 Å². The predicted molar refractivity (Wildman–Crippen MR) is 80.5 cm³/mol. The summed E-state index contributed by atoms with van der Waals surface area (Å²) < 4.78 is 11.0. The minimum absolute atomic E-state index is 0.0829. The molecule has 1 aliphatic carbocycles. The average molecular weight is 305 g/mol. The number of methoxy groups -OCH3 is 1. The predicted octanol–water partition coefficient (Wildman–Crippen LogP) is 1.21. The lowest BCUT2D eigenvalue weighted by molar-refractivity contribution is -0.0809. The van der Waals surface area contributed by atoms with E-state index in [9.17, 15) is 4.79 Å². The molecule has 0 spiro atoms. The molecule has 4 atom stereocenters. The van der Waals surface area contributed by atoms with E-state index in [1.165, 1.54) is 6.33 Å². The molecule has 0 bridgehead atoms. The molecule has 1 aliphatic heterocycles. The molecule has 1 amide bonds. The number of rotatable bonds is 6. The highest BCUT2D eigenvalue weighted by Crippen LogP contribution is 2.43. The molecule has 1 N–H and O–H groups in total. The monoisotopic (exact) mass is 305 g/mol. The van der Waals surface area contributed by atoms with E-state index in [0.29, 0.717) is 18.1 Å². The Morgan fingerprint density at radius 2 is 2.41 bits per heavy atom. The molecule has 6 heteroatoms. The summed E-state index contributed by atoms with van der Waals surface area (Å²) in [5.41, 5.74) is 1.40. The van der Waals surface area contributed by atoms with Crippen LogP contribution in [0.4, 0.5) is 0 Å². The number of aryl methyl sites for hydroxylation is 1. The summed E-state index contributed by atoms with van der Waals surface area (Å²) in [6, 6.07) is 0.120. The van der Waals surface area contributed by atoms with Gasteiger partial charge in [0.05, 0.1) is 24.0 Å². The van der Waals surface area contributed by atoms with Gasteiger partial charge < -0.3 is 14.8 Å². The fourth-order valence-electron chi connectivity index (χ4n) is 3.64. The Balaban J connectivity index is 1.71. The summed E-state index contributed by atoms with van der Waals surface area (Å²) in [6.07, 6.45) is 6.08. The van der Waals surface area contributed by atoms with Gasteiger partial charge in [-0.2, -0.15) is 0 Å². The van der Waals surface area contributed by atoms with Crippen LogP contribution in [0.15, 0.2) is 12.5 Å². The molecule has 0 radical (unpaired) electrons. The van der Waals surface area contributed by atoms with Crippen molar-refractivity contribution in [2.45, 2.75) is 38.3 Å². The smallest absolute Gasteiger partial charge is 0.254 e. The first-order valence-electron chi connectivity index (χ1n) is 7.96. The quantitative estimate of drug-likeness (QED) is 0.855. The lowest BCUT2D eigenvalue weighted by Gasteiger charge is -2.47. The third kappa shape index (κ3) is 2.73. The van der Waals surface area contributed by atoms with Crippen molar-refractivity contribution in [3.05, 3.63) is 23.8 Å². The normalized spacial score (nSPS) is 29.7. The van der Waals surface area contributed by atoms with Gasteiger partial charge in [0, 0.05) is 37.8 Å². The maximum atomic E-state index is 12.6. The van der Waals surface area contributed by atoms with Gasteiger partial charge in [0.25, 0.3) is 5.91 Å². The second-order valence-electron chi connectivity index (χ2n) is 6.04. The SMILES string of the molecule is CCCc1ncncc1C(=O)N[C@@H]1[C@H]2CCO[C@H]2[C@H]1COC. The fraction of sp³-hybridized carbons (Fsp3) is 0.688. The van der Waals surface area contributed by atoms with E-state index in [1.54, 1.807) is 13.3 Å². The van der Waals surface area contributed by atoms with E-state index >= 15 is 0 Å².